The average Bonchev–Trinajstić information content (AvgIpc) is 2.88. The van der Waals surface area contributed by atoms with E-state index in [1.165, 1.54) is 43.1 Å². The molecule has 1 aliphatic rings. The van der Waals surface area contributed by atoms with Gasteiger partial charge in [0.2, 0.25) is 5.91 Å². The van der Waals surface area contributed by atoms with E-state index in [1.807, 2.05) is 0 Å². The van der Waals surface area contributed by atoms with Crippen molar-refractivity contribution in [2.45, 2.75) is 19.0 Å². The van der Waals surface area contributed by atoms with Crippen molar-refractivity contribution in [1.29, 1.82) is 0 Å². The quantitative estimate of drug-likeness (QED) is 0.663. The van der Waals surface area contributed by atoms with Gasteiger partial charge in [-0.05, 0) is 31.2 Å². The molecule has 1 unspecified atom stereocenters. The van der Waals surface area contributed by atoms with Crippen LogP contribution in [0.4, 0.5) is 9.18 Å². The average molecular weight is 473 g/mol. The van der Waals surface area contributed by atoms with Crippen LogP contribution in [0.15, 0.2) is 36.4 Å². The van der Waals surface area contributed by atoms with Gasteiger partial charge < -0.3 is 10.2 Å². The van der Waals surface area contributed by atoms with Crippen molar-refractivity contribution in [2.75, 3.05) is 13.6 Å². The monoisotopic (exact) mass is 471 g/mol. The number of nitrogens with one attached hydrogen (secondary N) is 1. The number of carbonyl (C=O) groups is 3. The summed E-state index contributed by atoms with van der Waals surface area (Å²) in [5.41, 5.74) is -0.953. The van der Waals surface area contributed by atoms with E-state index in [9.17, 15) is 18.8 Å². The van der Waals surface area contributed by atoms with E-state index in [0.717, 1.165) is 4.90 Å². The number of benzene rings is 2. The molecule has 0 aromatic heterocycles. The fraction of sp³-hybridized carbons (Fsp3) is 0.250. The summed E-state index contributed by atoms with van der Waals surface area (Å²) in [7, 11) is 1.43. The first-order valence-corrected chi connectivity index (χ1v) is 9.94. The highest BCUT2D eigenvalue weighted by atomic mass is 35.5. The number of rotatable bonds is 5. The third-order valence-corrected chi connectivity index (χ3v) is 5.82. The Hall–Kier alpha value is -2.35. The minimum atomic E-state index is -1.45. The number of urea groups is 1. The van der Waals surface area contributed by atoms with Crippen molar-refractivity contribution in [3.8, 4) is 0 Å². The molecule has 1 heterocycles. The topological polar surface area (TPSA) is 69.7 Å². The fourth-order valence-corrected chi connectivity index (χ4v) is 4.00. The van der Waals surface area contributed by atoms with Crippen LogP contribution >= 0.6 is 34.8 Å². The van der Waals surface area contributed by atoms with Crippen molar-refractivity contribution in [3.63, 3.8) is 0 Å². The Morgan fingerprint density at radius 1 is 1.17 bits per heavy atom. The Bertz CT molecular complexity index is 1030. The highest BCUT2D eigenvalue weighted by molar-refractivity contribution is 6.35. The van der Waals surface area contributed by atoms with Gasteiger partial charge in [-0.3, -0.25) is 14.5 Å². The lowest BCUT2D eigenvalue weighted by atomic mass is 9.92. The van der Waals surface area contributed by atoms with Crippen LogP contribution in [0.3, 0.4) is 0 Å². The van der Waals surface area contributed by atoms with Crippen molar-refractivity contribution < 1.29 is 18.8 Å². The first-order valence-electron chi connectivity index (χ1n) is 8.81. The Morgan fingerprint density at radius 3 is 2.50 bits per heavy atom. The van der Waals surface area contributed by atoms with Gasteiger partial charge in [0.15, 0.2) is 0 Å². The maximum Gasteiger partial charge on any atom is 0.325 e. The number of amides is 4. The molecule has 30 heavy (non-hydrogen) atoms. The summed E-state index contributed by atoms with van der Waals surface area (Å²) in [4.78, 5) is 40.1. The minimum Gasteiger partial charge on any atom is -0.340 e. The van der Waals surface area contributed by atoms with E-state index in [2.05, 4.69) is 5.32 Å². The summed E-state index contributed by atoms with van der Waals surface area (Å²) in [5, 5.41) is 3.34. The predicted octanol–water partition coefficient (Wildman–Crippen LogP) is 4.21. The summed E-state index contributed by atoms with van der Waals surface area (Å²) in [6.07, 6.45) is 0. The summed E-state index contributed by atoms with van der Waals surface area (Å²) in [6.45, 7) is 0.859. The first kappa shape index (κ1) is 22.3. The lowest BCUT2D eigenvalue weighted by Crippen LogP contribution is -2.43. The zero-order valence-corrected chi connectivity index (χ0v) is 18.3. The van der Waals surface area contributed by atoms with Crippen molar-refractivity contribution >= 4 is 52.6 Å². The molecule has 10 heteroatoms. The number of likely N-dealkylation sites (N-methyl/N-ethyl adjacent to an activating group) is 1. The molecule has 1 saturated heterocycles. The van der Waals surface area contributed by atoms with E-state index < -0.39 is 35.7 Å². The smallest absolute Gasteiger partial charge is 0.325 e. The van der Waals surface area contributed by atoms with Crippen molar-refractivity contribution in [3.05, 3.63) is 68.4 Å². The van der Waals surface area contributed by atoms with Gasteiger partial charge in [-0.25, -0.2) is 9.18 Å². The van der Waals surface area contributed by atoms with Crippen LogP contribution in [0.5, 0.6) is 0 Å². The number of hydrogen-bond donors (Lipinski definition) is 1. The maximum atomic E-state index is 14.0. The highest BCUT2D eigenvalue weighted by Crippen LogP contribution is 2.35. The lowest BCUT2D eigenvalue weighted by molar-refractivity contribution is -0.138. The normalized spacial score (nSPS) is 18.5. The Labute approximate surface area is 187 Å². The lowest BCUT2D eigenvalue weighted by Gasteiger charge is -2.24. The van der Waals surface area contributed by atoms with Crippen LogP contribution in [0, 0.1) is 5.82 Å². The maximum absolute atomic E-state index is 14.0. The Morgan fingerprint density at radius 2 is 1.87 bits per heavy atom. The molecule has 158 valence electrons. The summed E-state index contributed by atoms with van der Waals surface area (Å²) in [5.74, 6) is -1.76. The molecule has 6 nitrogen and oxygen atoms in total. The van der Waals surface area contributed by atoms with E-state index in [1.54, 1.807) is 12.1 Å². The summed E-state index contributed by atoms with van der Waals surface area (Å²) >= 11 is 18.1. The zero-order chi connectivity index (χ0) is 22.2. The predicted molar refractivity (Wildman–Crippen MR) is 112 cm³/mol. The molecule has 0 aliphatic carbocycles. The zero-order valence-electron chi connectivity index (χ0n) is 16.0. The standard InChI is InChI=1S/C20H17Cl3FN3O3/c1-20(13-7-6-11(21)8-15(13)23)18(29)27(19(30)25-20)10-17(28)26(2)9-12-14(22)4-3-5-16(12)24/h3-8H,9-10H2,1-2H3,(H,25,30). The third kappa shape index (κ3) is 4.10. The third-order valence-electron chi connectivity index (χ3n) is 4.92. The molecule has 0 bridgehead atoms. The van der Waals surface area contributed by atoms with Gasteiger partial charge in [0.25, 0.3) is 5.91 Å². The van der Waals surface area contributed by atoms with Crippen molar-refractivity contribution in [2.24, 2.45) is 0 Å². The highest BCUT2D eigenvalue weighted by Gasteiger charge is 2.50. The molecule has 2 aromatic rings. The van der Waals surface area contributed by atoms with E-state index in [4.69, 9.17) is 34.8 Å². The molecule has 1 fully saturated rings. The largest absolute Gasteiger partial charge is 0.340 e. The van der Waals surface area contributed by atoms with E-state index in [0.29, 0.717) is 10.6 Å². The molecular weight excluding hydrogens is 456 g/mol. The molecule has 0 spiro atoms. The van der Waals surface area contributed by atoms with Crippen LogP contribution in [0.25, 0.3) is 0 Å². The van der Waals surface area contributed by atoms with Crippen LogP contribution in [0.1, 0.15) is 18.1 Å². The second kappa shape index (κ2) is 8.41. The van der Waals surface area contributed by atoms with Gasteiger partial charge in [0.1, 0.15) is 17.9 Å². The summed E-state index contributed by atoms with van der Waals surface area (Å²) < 4.78 is 14.0. The molecule has 0 radical (unpaired) electrons. The fourth-order valence-electron chi connectivity index (χ4n) is 3.18. The van der Waals surface area contributed by atoms with E-state index >= 15 is 0 Å². The number of nitrogens with zero attached hydrogens (tertiary/aromatic N) is 2. The summed E-state index contributed by atoms with van der Waals surface area (Å²) in [6, 6.07) is 8.02. The van der Waals surface area contributed by atoms with Crippen LogP contribution in [0.2, 0.25) is 15.1 Å². The molecule has 2 aromatic carbocycles. The molecule has 1 N–H and O–H groups in total. The molecule has 4 amide bonds. The van der Waals surface area contributed by atoms with Crippen LogP contribution in [-0.4, -0.2) is 41.2 Å². The number of imide groups is 1. The second-order valence-corrected chi connectivity index (χ2v) is 8.27. The van der Waals surface area contributed by atoms with Gasteiger partial charge in [-0.2, -0.15) is 0 Å². The molecule has 0 saturated carbocycles. The molecule has 1 atom stereocenters. The SMILES string of the molecule is CN(Cc1c(F)cccc1Cl)C(=O)CN1C(=O)NC(C)(c2ccc(Cl)cc2Cl)C1=O. The Balaban J connectivity index is 1.77. The van der Waals surface area contributed by atoms with Gasteiger partial charge in [0.05, 0.1) is 0 Å². The number of halogens is 4. The van der Waals surface area contributed by atoms with Gasteiger partial charge in [-0.15, -0.1) is 0 Å². The molecule has 1 aliphatic heterocycles. The van der Waals surface area contributed by atoms with Crippen LogP contribution in [-0.2, 0) is 21.7 Å². The first-order chi connectivity index (χ1) is 14.0. The van der Waals surface area contributed by atoms with E-state index in [-0.39, 0.29) is 22.2 Å². The van der Waals surface area contributed by atoms with Crippen LogP contribution < -0.4 is 5.32 Å². The van der Waals surface area contributed by atoms with Gasteiger partial charge in [-0.1, -0.05) is 46.9 Å². The number of hydrogen-bond acceptors (Lipinski definition) is 3. The molecule has 3 rings (SSSR count). The minimum absolute atomic E-state index is 0.117. The van der Waals surface area contributed by atoms with Gasteiger partial charge in [0, 0.05) is 39.8 Å². The number of carbonyl (C=O) groups excluding carboxylic acids is 3. The Kier molecular flexibility index (Phi) is 6.26. The second-order valence-electron chi connectivity index (χ2n) is 7.02. The van der Waals surface area contributed by atoms with Gasteiger partial charge >= 0.3 is 6.03 Å². The van der Waals surface area contributed by atoms with Crippen molar-refractivity contribution in [1.82, 2.24) is 15.1 Å². The molecular formula is C20H17Cl3FN3O3.